The van der Waals surface area contributed by atoms with E-state index in [4.69, 9.17) is 9.88 Å². The quantitative estimate of drug-likeness (QED) is 0.932. The van der Waals surface area contributed by atoms with Gasteiger partial charge in [-0.2, -0.15) is 0 Å². The second-order valence-electron chi connectivity index (χ2n) is 6.61. The first-order valence-electron chi connectivity index (χ1n) is 7.47. The van der Waals surface area contributed by atoms with Gasteiger partial charge in [-0.1, -0.05) is 19.9 Å². The van der Waals surface area contributed by atoms with Crippen LogP contribution in [0.4, 0.5) is 0 Å². The molecule has 2 rings (SSSR count). The van der Waals surface area contributed by atoms with Crippen molar-refractivity contribution in [3.05, 3.63) is 23.3 Å². The first-order chi connectivity index (χ1) is 9.66. The smallest absolute Gasteiger partial charge is 0.241 e. The van der Waals surface area contributed by atoms with E-state index in [2.05, 4.69) is 13.8 Å². The van der Waals surface area contributed by atoms with E-state index in [-0.39, 0.29) is 11.0 Å². The Morgan fingerprint density at radius 2 is 1.67 bits per heavy atom. The average molecular weight is 311 g/mol. The summed E-state index contributed by atoms with van der Waals surface area (Å²) in [7, 11) is -3.78. The largest absolute Gasteiger partial charge is 0.489 e. The second-order valence-corrected chi connectivity index (χ2v) is 8.14. The van der Waals surface area contributed by atoms with Crippen molar-refractivity contribution in [3.63, 3.8) is 0 Å². The summed E-state index contributed by atoms with van der Waals surface area (Å²) in [5, 5.41) is 5.35. The normalized spacial score (nSPS) is 26.6. The number of benzene rings is 1. The molecule has 0 spiro atoms. The van der Waals surface area contributed by atoms with E-state index in [9.17, 15) is 8.42 Å². The van der Waals surface area contributed by atoms with E-state index in [1.807, 2.05) is 19.9 Å². The first kappa shape index (κ1) is 16.3. The van der Waals surface area contributed by atoms with E-state index in [0.717, 1.165) is 24.0 Å². The van der Waals surface area contributed by atoms with Crippen molar-refractivity contribution in [2.75, 3.05) is 0 Å². The molecular weight excluding hydrogens is 286 g/mol. The van der Waals surface area contributed by atoms with Crippen molar-refractivity contribution in [1.29, 1.82) is 0 Å². The number of primary sulfonamides is 1. The summed E-state index contributed by atoms with van der Waals surface area (Å²) in [6.07, 6.45) is 3.18. The Morgan fingerprint density at radius 3 is 2.19 bits per heavy atom. The fourth-order valence-electron chi connectivity index (χ4n) is 3.41. The Hall–Kier alpha value is -1.07. The molecule has 1 saturated carbocycles. The van der Waals surface area contributed by atoms with Crippen molar-refractivity contribution in [2.24, 2.45) is 17.0 Å². The Bertz CT molecular complexity index is 615. The molecule has 5 heteroatoms. The number of ether oxygens (including phenoxy) is 1. The van der Waals surface area contributed by atoms with Gasteiger partial charge in [-0.15, -0.1) is 0 Å². The third kappa shape index (κ3) is 3.98. The highest BCUT2D eigenvalue weighted by molar-refractivity contribution is 7.89. The molecule has 0 heterocycles. The molecule has 0 radical (unpaired) electrons. The molecule has 118 valence electrons. The monoisotopic (exact) mass is 311 g/mol. The van der Waals surface area contributed by atoms with Crippen LogP contribution < -0.4 is 9.88 Å². The van der Waals surface area contributed by atoms with Crippen molar-refractivity contribution in [1.82, 2.24) is 0 Å². The van der Waals surface area contributed by atoms with Gasteiger partial charge in [0.1, 0.15) is 10.6 Å². The van der Waals surface area contributed by atoms with Crippen LogP contribution >= 0.6 is 0 Å². The van der Waals surface area contributed by atoms with Gasteiger partial charge in [0.25, 0.3) is 0 Å². The number of hydrogen-bond donors (Lipinski definition) is 1. The molecule has 21 heavy (non-hydrogen) atoms. The van der Waals surface area contributed by atoms with Gasteiger partial charge in [-0.25, -0.2) is 13.6 Å². The standard InChI is InChI=1S/C16H25NO3S/c1-10-5-11(2)8-14(7-10)20-16-13(4)6-12(3)9-15(16)21(17,18)19/h6,9-11,14H,5,7-8H2,1-4H3,(H2,17,18,19). The maximum absolute atomic E-state index is 11.8. The predicted octanol–water partition coefficient (Wildman–Crippen LogP) is 3.15. The summed E-state index contributed by atoms with van der Waals surface area (Å²) in [6.45, 7) is 8.16. The molecule has 1 fully saturated rings. The Balaban J connectivity index is 2.35. The molecule has 4 nitrogen and oxygen atoms in total. The predicted molar refractivity (Wildman–Crippen MR) is 83.9 cm³/mol. The van der Waals surface area contributed by atoms with Crippen LogP contribution in [0.3, 0.4) is 0 Å². The van der Waals surface area contributed by atoms with E-state index < -0.39 is 10.0 Å². The van der Waals surface area contributed by atoms with Crippen molar-refractivity contribution in [2.45, 2.75) is 58.0 Å². The first-order valence-corrected chi connectivity index (χ1v) is 9.02. The zero-order valence-corrected chi connectivity index (χ0v) is 14.0. The lowest BCUT2D eigenvalue weighted by Crippen LogP contribution is -2.29. The summed E-state index contributed by atoms with van der Waals surface area (Å²) in [5.41, 5.74) is 1.69. The van der Waals surface area contributed by atoms with E-state index in [0.29, 0.717) is 17.6 Å². The molecule has 2 unspecified atom stereocenters. The third-order valence-electron chi connectivity index (χ3n) is 4.11. The van der Waals surface area contributed by atoms with Gasteiger partial charge in [0, 0.05) is 0 Å². The Morgan fingerprint density at radius 1 is 1.10 bits per heavy atom. The summed E-state index contributed by atoms with van der Waals surface area (Å²) in [5.74, 6) is 1.62. The molecule has 0 saturated heterocycles. The molecule has 2 N–H and O–H groups in total. The molecular formula is C16H25NO3S. The van der Waals surface area contributed by atoms with Gasteiger partial charge in [0.05, 0.1) is 6.10 Å². The molecule has 0 aromatic heterocycles. The molecule has 1 aromatic rings. The average Bonchev–Trinajstić information content (AvgIpc) is 2.29. The number of nitrogens with two attached hydrogens (primary N) is 1. The Kier molecular flexibility index (Phi) is 4.63. The second kappa shape index (κ2) is 5.97. The van der Waals surface area contributed by atoms with Crippen molar-refractivity contribution in [3.8, 4) is 5.75 Å². The SMILES string of the molecule is Cc1cc(C)c(OC2CC(C)CC(C)C2)c(S(N)(=O)=O)c1. The van der Waals surface area contributed by atoms with E-state index >= 15 is 0 Å². The molecule has 0 bridgehead atoms. The maximum atomic E-state index is 11.8. The van der Waals surface area contributed by atoms with Crippen LogP contribution in [0, 0.1) is 25.7 Å². The highest BCUT2D eigenvalue weighted by Crippen LogP contribution is 2.35. The summed E-state index contributed by atoms with van der Waals surface area (Å²) >= 11 is 0. The molecule has 2 atom stereocenters. The van der Waals surface area contributed by atoms with E-state index in [1.165, 1.54) is 6.42 Å². The van der Waals surface area contributed by atoms with Crippen molar-refractivity contribution < 1.29 is 13.2 Å². The lowest BCUT2D eigenvalue weighted by molar-refractivity contribution is 0.0975. The van der Waals surface area contributed by atoms with Crippen LogP contribution in [-0.4, -0.2) is 14.5 Å². The molecule has 1 aliphatic rings. The van der Waals surface area contributed by atoms with Gasteiger partial charge >= 0.3 is 0 Å². The third-order valence-corrected chi connectivity index (χ3v) is 5.03. The number of aryl methyl sites for hydroxylation is 2. The van der Waals surface area contributed by atoms with Gasteiger partial charge in [0.2, 0.25) is 10.0 Å². The van der Waals surface area contributed by atoms with Gasteiger partial charge in [-0.3, -0.25) is 0 Å². The minimum Gasteiger partial charge on any atom is -0.489 e. The molecule has 0 amide bonds. The van der Waals surface area contributed by atoms with Crippen molar-refractivity contribution >= 4 is 10.0 Å². The van der Waals surface area contributed by atoms with Crippen LogP contribution in [0.15, 0.2) is 17.0 Å². The van der Waals surface area contributed by atoms with Crippen LogP contribution in [0.1, 0.15) is 44.2 Å². The van der Waals surface area contributed by atoms with Crippen LogP contribution in [0.2, 0.25) is 0 Å². The number of rotatable bonds is 3. The minimum absolute atomic E-state index is 0.0608. The molecule has 1 aromatic carbocycles. The highest BCUT2D eigenvalue weighted by Gasteiger charge is 2.28. The van der Waals surface area contributed by atoms with E-state index in [1.54, 1.807) is 6.07 Å². The lowest BCUT2D eigenvalue weighted by atomic mass is 9.82. The van der Waals surface area contributed by atoms with Crippen LogP contribution in [-0.2, 0) is 10.0 Å². The zero-order chi connectivity index (χ0) is 15.8. The Labute approximate surface area is 127 Å². The van der Waals surface area contributed by atoms with Gasteiger partial charge in [-0.05, 0) is 62.1 Å². The highest BCUT2D eigenvalue weighted by atomic mass is 32.2. The molecule has 0 aliphatic heterocycles. The fraction of sp³-hybridized carbons (Fsp3) is 0.625. The van der Waals surface area contributed by atoms with Crippen LogP contribution in [0.5, 0.6) is 5.75 Å². The maximum Gasteiger partial charge on any atom is 0.241 e. The number of hydrogen-bond acceptors (Lipinski definition) is 3. The summed E-state index contributed by atoms with van der Waals surface area (Å²) in [4.78, 5) is 0.103. The lowest BCUT2D eigenvalue weighted by Gasteiger charge is -2.32. The van der Waals surface area contributed by atoms with Gasteiger partial charge < -0.3 is 4.74 Å². The zero-order valence-electron chi connectivity index (χ0n) is 13.2. The van der Waals surface area contributed by atoms with Crippen LogP contribution in [0.25, 0.3) is 0 Å². The molecule has 1 aliphatic carbocycles. The minimum atomic E-state index is -3.78. The topological polar surface area (TPSA) is 69.4 Å². The summed E-state index contributed by atoms with van der Waals surface area (Å²) < 4.78 is 29.7. The fourth-order valence-corrected chi connectivity index (χ4v) is 4.23. The van der Waals surface area contributed by atoms with Gasteiger partial charge in [0.15, 0.2) is 0 Å². The summed E-state index contributed by atoms with van der Waals surface area (Å²) in [6, 6.07) is 3.52. The number of sulfonamides is 1.